The number of fused-ring (bicyclic) bond motifs is 1. The summed E-state index contributed by atoms with van der Waals surface area (Å²) in [5.41, 5.74) is 3.00. The zero-order chi connectivity index (χ0) is 23.4. The van der Waals surface area contributed by atoms with Crippen LogP contribution in [0.15, 0.2) is 64.6 Å². The Hall–Kier alpha value is -3.47. The molecule has 0 spiro atoms. The van der Waals surface area contributed by atoms with E-state index in [4.69, 9.17) is 25.8 Å². The monoisotopic (exact) mass is 524 g/mol. The third-order valence-corrected chi connectivity index (χ3v) is 5.92. The summed E-state index contributed by atoms with van der Waals surface area (Å²) in [5, 5.41) is 12.7. The number of nitrogens with one attached hydrogen (secondary N) is 1. The number of hydrogen-bond acceptors (Lipinski definition) is 5. The number of aryl methyl sites for hydroxylation is 1. The van der Waals surface area contributed by atoms with Gasteiger partial charge in [0.05, 0.1) is 4.47 Å². The molecule has 1 amide bonds. The Balaban J connectivity index is 1.43. The van der Waals surface area contributed by atoms with Crippen molar-refractivity contribution in [1.82, 2.24) is 0 Å². The molecule has 6 nitrogen and oxygen atoms in total. The molecule has 0 aromatic heterocycles. The van der Waals surface area contributed by atoms with E-state index in [1.807, 2.05) is 31.2 Å². The molecule has 1 aliphatic rings. The van der Waals surface area contributed by atoms with Crippen LogP contribution in [0.25, 0.3) is 6.08 Å². The van der Waals surface area contributed by atoms with Gasteiger partial charge >= 0.3 is 0 Å². The average Bonchev–Trinajstić information content (AvgIpc) is 3.27. The van der Waals surface area contributed by atoms with Gasteiger partial charge in [-0.3, -0.25) is 4.79 Å². The number of nitriles is 1. The van der Waals surface area contributed by atoms with E-state index in [1.165, 1.54) is 6.08 Å². The van der Waals surface area contributed by atoms with Crippen molar-refractivity contribution in [3.8, 4) is 23.3 Å². The highest BCUT2D eigenvalue weighted by Crippen LogP contribution is 2.33. The smallest absolute Gasteiger partial charge is 0.266 e. The van der Waals surface area contributed by atoms with Crippen molar-refractivity contribution in [2.45, 2.75) is 13.5 Å². The van der Waals surface area contributed by atoms with Crippen LogP contribution in [0.2, 0.25) is 5.02 Å². The number of anilines is 1. The minimum absolute atomic E-state index is 0.0346. The van der Waals surface area contributed by atoms with Gasteiger partial charge in [0.2, 0.25) is 6.79 Å². The van der Waals surface area contributed by atoms with E-state index in [9.17, 15) is 10.1 Å². The summed E-state index contributed by atoms with van der Waals surface area (Å²) in [6.45, 7) is 2.44. The van der Waals surface area contributed by atoms with Crippen LogP contribution in [0.1, 0.15) is 16.7 Å². The van der Waals surface area contributed by atoms with Gasteiger partial charge in [0.25, 0.3) is 5.91 Å². The van der Waals surface area contributed by atoms with Gasteiger partial charge in [-0.25, -0.2) is 0 Å². The van der Waals surface area contributed by atoms with Gasteiger partial charge in [0, 0.05) is 10.7 Å². The zero-order valence-corrected chi connectivity index (χ0v) is 19.9. The zero-order valence-electron chi connectivity index (χ0n) is 17.5. The molecule has 0 aliphatic carbocycles. The molecule has 33 heavy (non-hydrogen) atoms. The highest BCUT2D eigenvalue weighted by atomic mass is 79.9. The van der Waals surface area contributed by atoms with Crippen molar-refractivity contribution in [2.24, 2.45) is 0 Å². The number of nitrogens with zero attached hydrogens (tertiary/aromatic N) is 1. The molecule has 4 rings (SSSR count). The van der Waals surface area contributed by atoms with Crippen molar-refractivity contribution >= 4 is 45.2 Å². The molecule has 0 radical (unpaired) electrons. The Morgan fingerprint density at radius 3 is 2.76 bits per heavy atom. The highest BCUT2D eigenvalue weighted by Gasteiger charge is 2.14. The van der Waals surface area contributed by atoms with Gasteiger partial charge in [-0.2, -0.15) is 5.26 Å². The number of carbonyl (C=O) groups excluding carboxylic acids is 1. The molecule has 0 atom stereocenters. The van der Waals surface area contributed by atoms with E-state index in [2.05, 4.69) is 21.2 Å². The third-order valence-electron chi connectivity index (χ3n) is 4.89. The molecule has 3 aromatic rings. The molecule has 1 heterocycles. The molecule has 1 N–H and O–H groups in total. The fraction of sp³-hybridized carbons (Fsp3) is 0.120. The number of rotatable bonds is 6. The molecule has 166 valence electrons. The summed E-state index contributed by atoms with van der Waals surface area (Å²) >= 11 is 9.59. The van der Waals surface area contributed by atoms with E-state index in [-0.39, 0.29) is 12.4 Å². The normalized spacial score (nSPS) is 12.2. The summed E-state index contributed by atoms with van der Waals surface area (Å²) in [4.78, 5) is 12.5. The Morgan fingerprint density at radius 2 is 2.00 bits per heavy atom. The number of hydrogen-bond donors (Lipinski definition) is 1. The molecular weight excluding hydrogens is 508 g/mol. The minimum Gasteiger partial charge on any atom is -0.488 e. The van der Waals surface area contributed by atoms with Crippen LogP contribution in [0.3, 0.4) is 0 Å². The number of carbonyl (C=O) groups is 1. The van der Waals surface area contributed by atoms with E-state index < -0.39 is 5.91 Å². The van der Waals surface area contributed by atoms with Crippen molar-refractivity contribution in [3.05, 3.63) is 86.4 Å². The highest BCUT2D eigenvalue weighted by molar-refractivity contribution is 9.10. The summed E-state index contributed by atoms with van der Waals surface area (Å²) < 4.78 is 17.3. The van der Waals surface area contributed by atoms with Crippen molar-refractivity contribution < 1.29 is 19.0 Å². The maximum absolute atomic E-state index is 12.5. The van der Waals surface area contributed by atoms with Crippen LogP contribution in [0, 0.1) is 18.3 Å². The first-order chi connectivity index (χ1) is 15.9. The van der Waals surface area contributed by atoms with Gasteiger partial charge in [-0.05, 0) is 82.0 Å². The molecule has 0 fully saturated rings. The molecule has 0 saturated heterocycles. The maximum Gasteiger partial charge on any atom is 0.266 e. The predicted octanol–water partition coefficient (Wildman–Crippen LogP) is 6.26. The molecule has 0 saturated carbocycles. The van der Waals surface area contributed by atoms with Gasteiger partial charge < -0.3 is 19.5 Å². The molecule has 3 aromatic carbocycles. The summed E-state index contributed by atoms with van der Waals surface area (Å²) in [7, 11) is 0. The maximum atomic E-state index is 12.5. The fourth-order valence-electron chi connectivity index (χ4n) is 3.10. The lowest BCUT2D eigenvalue weighted by molar-refractivity contribution is -0.112. The predicted molar refractivity (Wildman–Crippen MR) is 129 cm³/mol. The topological polar surface area (TPSA) is 80.6 Å². The summed E-state index contributed by atoms with van der Waals surface area (Å²) in [6, 6.07) is 18.1. The molecule has 8 heteroatoms. The van der Waals surface area contributed by atoms with Crippen LogP contribution in [-0.2, 0) is 11.4 Å². The van der Waals surface area contributed by atoms with Crippen molar-refractivity contribution in [2.75, 3.05) is 12.1 Å². The second kappa shape index (κ2) is 9.99. The van der Waals surface area contributed by atoms with Crippen molar-refractivity contribution in [1.29, 1.82) is 5.26 Å². The van der Waals surface area contributed by atoms with Crippen LogP contribution in [0.4, 0.5) is 5.69 Å². The second-order valence-corrected chi connectivity index (χ2v) is 8.52. The van der Waals surface area contributed by atoms with Gasteiger partial charge in [-0.1, -0.05) is 29.8 Å². The van der Waals surface area contributed by atoms with E-state index in [0.717, 1.165) is 16.9 Å². The van der Waals surface area contributed by atoms with E-state index in [0.29, 0.717) is 38.9 Å². The SMILES string of the molecule is Cc1ccc(NC(=O)/C(C#N)=C\c2ccc(OCc3ccc4c(c3)OCO4)c(Br)c2)cc1Cl. The van der Waals surface area contributed by atoms with Crippen molar-refractivity contribution in [3.63, 3.8) is 0 Å². The first kappa shape index (κ1) is 22.7. The Kier molecular flexibility index (Phi) is 6.87. The molecule has 1 aliphatic heterocycles. The standard InChI is InChI=1S/C25H18BrClN2O4/c1-15-2-5-19(11-21(15)27)29-25(30)18(12-28)8-16-3-6-22(20(26)9-16)31-13-17-4-7-23-24(10-17)33-14-32-23/h2-11H,13-14H2,1H3,(H,29,30)/b18-8-. The summed E-state index contributed by atoms with van der Waals surface area (Å²) in [6.07, 6.45) is 1.51. The Morgan fingerprint density at radius 1 is 1.18 bits per heavy atom. The number of ether oxygens (including phenoxy) is 3. The van der Waals surface area contributed by atoms with Gasteiger partial charge in [-0.15, -0.1) is 0 Å². The number of benzene rings is 3. The van der Waals surface area contributed by atoms with Gasteiger partial charge in [0.15, 0.2) is 11.5 Å². The molecule has 0 unspecified atom stereocenters. The largest absolute Gasteiger partial charge is 0.488 e. The fourth-order valence-corrected chi connectivity index (χ4v) is 3.79. The Labute approximate surface area is 204 Å². The van der Waals surface area contributed by atoms with Gasteiger partial charge in [0.1, 0.15) is 24.0 Å². The quantitative estimate of drug-likeness (QED) is 0.303. The van der Waals surface area contributed by atoms with Crippen LogP contribution >= 0.6 is 27.5 Å². The average molecular weight is 526 g/mol. The minimum atomic E-state index is -0.517. The molecule has 0 bridgehead atoms. The number of halogens is 2. The van der Waals surface area contributed by atoms with E-state index >= 15 is 0 Å². The lowest BCUT2D eigenvalue weighted by Crippen LogP contribution is -2.13. The second-order valence-electron chi connectivity index (χ2n) is 7.25. The Bertz CT molecular complexity index is 1300. The lowest BCUT2D eigenvalue weighted by atomic mass is 10.1. The van der Waals surface area contributed by atoms with Crippen LogP contribution < -0.4 is 19.5 Å². The molecular formula is C25H18BrClN2O4. The van der Waals surface area contributed by atoms with E-state index in [1.54, 1.807) is 36.4 Å². The van der Waals surface area contributed by atoms with Crippen LogP contribution in [-0.4, -0.2) is 12.7 Å². The summed E-state index contributed by atoms with van der Waals surface area (Å²) in [5.74, 6) is 1.53. The number of amides is 1. The first-order valence-corrected chi connectivity index (χ1v) is 11.1. The lowest BCUT2D eigenvalue weighted by Gasteiger charge is -2.10. The first-order valence-electron chi connectivity index (χ1n) is 9.93. The van der Waals surface area contributed by atoms with Crippen LogP contribution in [0.5, 0.6) is 17.2 Å². The third kappa shape index (κ3) is 5.48.